The minimum Gasteiger partial charge on any atom is -0.377 e. The standard InChI is InChI=1S/C15H25N3O3/c1-17-12(10-14(19)18(2)15(17)20)11-16-8-9-21-13-6-4-3-5-7-13/h10,13,16H,3-9,11H2,1-2H3. The van der Waals surface area contributed by atoms with Crippen molar-refractivity contribution >= 4 is 0 Å². The third kappa shape index (κ3) is 4.28. The van der Waals surface area contributed by atoms with Crippen LogP contribution in [0.15, 0.2) is 15.7 Å². The highest BCUT2D eigenvalue weighted by atomic mass is 16.5. The van der Waals surface area contributed by atoms with Crippen LogP contribution >= 0.6 is 0 Å². The van der Waals surface area contributed by atoms with Crippen molar-refractivity contribution in [1.82, 2.24) is 14.5 Å². The van der Waals surface area contributed by atoms with E-state index in [1.165, 1.54) is 49.8 Å². The van der Waals surface area contributed by atoms with Gasteiger partial charge >= 0.3 is 5.69 Å². The number of hydrogen-bond donors (Lipinski definition) is 1. The summed E-state index contributed by atoms with van der Waals surface area (Å²) in [5.41, 5.74) is 0.131. The summed E-state index contributed by atoms with van der Waals surface area (Å²) in [4.78, 5) is 23.4. The van der Waals surface area contributed by atoms with E-state index in [0.717, 1.165) is 11.1 Å². The minimum atomic E-state index is -0.294. The van der Waals surface area contributed by atoms with Crippen LogP contribution in [0.25, 0.3) is 0 Å². The number of ether oxygens (including phenoxy) is 1. The molecule has 1 heterocycles. The molecule has 1 aromatic rings. The van der Waals surface area contributed by atoms with E-state index in [4.69, 9.17) is 4.74 Å². The van der Waals surface area contributed by atoms with E-state index in [1.807, 2.05) is 0 Å². The van der Waals surface area contributed by atoms with Gasteiger partial charge in [-0.1, -0.05) is 19.3 Å². The van der Waals surface area contributed by atoms with Crippen molar-refractivity contribution in [3.05, 3.63) is 32.6 Å². The fourth-order valence-corrected chi connectivity index (χ4v) is 2.69. The molecule has 0 unspecified atom stereocenters. The molecule has 118 valence electrons. The maximum absolute atomic E-state index is 11.8. The highest BCUT2D eigenvalue weighted by molar-refractivity contribution is 5.01. The Kier molecular flexibility index (Phi) is 5.76. The number of nitrogens with one attached hydrogen (secondary N) is 1. The van der Waals surface area contributed by atoms with Crippen LogP contribution in [0.1, 0.15) is 37.8 Å². The molecule has 1 aliphatic rings. The zero-order chi connectivity index (χ0) is 15.2. The predicted molar refractivity (Wildman–Crippen MR) is 81.5 cm³/mol. The van der Waals surface area contributed by atoms with Gasteiger partial charge in [0.1, 0.15) is 0 Å². The summed E-state index contributed by atoms with van der Waals surface area (Å²) < 4.78 is 8.42. The van der Waals surface area contributed by atoms with E-state index < -0.39 is 0 Å². The van der Waals surface area contributed by atoms with Crippen LogP contribution < -0.4 is 16.6 Å². The molecule has 1 aliphatic carbocycles. The van der Waals surface area contributed by atoms with Crippen LogP contribution in [0.3, 0.4) is 0 Å². The Morgan fingerprint density at radius 1 is 1.19 bits per heavy atom. The number of rotatable bonds is 6. The third-order valence-corrected chi connectivity index (χ3v) is 4.12. The van der Waals surface area contributed by atoms with Crippen molar-refractivity contribution < 1.29 is 4.74 Å². The molecule has 0 atom stereocenters. The van der Waals surface area contributed by atoms with Crippen molar-refractivity contribution in [2.24, 2.45) is 14.1 Å². The maximum Gasteiger partial charge on any atom is 0.330 e. The number of nitrogens with zero attached hydrogens (tertiary/aromatic N) is 2. The van der Waals surface area contributed by atoms with Crippen LogP contribution in [0, 0.1) is 0 Å². The second kappa shape index (κ2) is 7.56. The second-order valence-corrected chi connectivity index (χ2v) is 5.68. The monoisotopic (exact) mass is 295 g/mol. The van der Waals surface area contributed by atoms with Gasteiger partial charge in [-0.2, -0.15) is 0 Å². The first-order chi connectivity index (χ1) is 10.1. The fraction of sp³-hybridized carbons (Fsp3) is 0.733. The SMILES string of the molecule is Cn1c(CNCCOC2CCCCC2)cc(=O)n(C)c1=O. The van der Waals surface area contributed by atoms with E-state index in [9.17, 15) is 9.59 Å². The van der Waals surface area contributed by atoms with E-state index in [2.05, 4.69) is 5.32 Å². The van der Waals surface area contributed by atoms with Gasteiger partial charge in [-0.25, -0.2) is 4.79 Å². The molecule has 1 fully saturated rings. The Labute approximate surface area is 124 Å². The first-order valence-corrected chi connectivity index (χ1v) is 7.68. The predicted octanol–water partition coefficient (Wildman–Crippen LogP) is 0.523. The molecule has 0 amide bonds. The van der Waals surface area contributed by atoms with Gasteiger partial charge in [-0.15, -0.1) is 0 Å². The first-order valence-electron chi connectivity index (χ1n) is 7.68. The molecule has 1 aromatic heterocycles. The van der Waals surface area contributed by atoms with Gasteiger partial charge in [-0.05, 0) is 12.8 Å². The van der Waals surface area contributed by atoms with Crippen LogP contribution in [0.5, 0.6) is 0 Å². The number of hydrogen-bond acceptors (Lipinski definition) is 4. The van der Waals surface area contributed by atoms with Crippen LogP contribution in [-0.4, -0.2) is 28.4 Å². The molecule has 0 aromatic carbocycles. The summed E-state index contributed by atoms with van der Waals surface area (Å²) in [7, 11) is 3.16. The average Bonchev–Trinajstić information content (AvgIpc) is 2.50. The largest absolute Gasteiger partial charge is 0.377 e. The van der Waals surface area contributed by atoms with E-state index in [-0.39, 0.29) is 11.2 Å². The molecule has 1 N–H and O–H groups in total. The van der Waals surface area contributed by atoms with Crippen molar-refractivity contribution in [2.45, 2.75) is 44.8 Å². The van der Waals surface area contributed by atoms with E-state index in [1.54, 1.807) is 7.05 Å². The Morgan fingerprint density at radius 3 is 2.62 bits per heavy atom. The van der Waals surface area contributed by atoms with Crippen LogP contribution in [-0.2, 0) is 25.4 Å². The van der Waals surface area contributed by atoms with Gasteiger partial charge < -0.3 is 10.1 Å². The van der Waals surface area contributed by atoms with Crippen molar-refractivity contribution in [3.63, 3.8) is 0 Å². The van der Waals surface area contributed by atoms with E-state index >= 15 is 0 Å². The Balaban J connectivity index is 1.76. The molecule has 21 heavy (non-hydrogen) atoms. The lowest BCUT2D eigenvalue weighted by Crippen LogP contribution is -2.39. The molecule has 1 saturated carbocycles. The molecule has 0 saturated heterocycles. The molecular weight excluding hydrogens is 270 g/mol. The van der Waals surface area contributed by atoms with Crippen molar-refractivity contribution in [2.75, 3.05) is 13.2 Å². The van der Waals surface area contributed by atoms with E-state index in [0.29, 0.717) is 24.9 Å². The molecule has 0 aliphatic heterocycles. The highest BCUT2D eigenvalue weighted by Crippen LogP contribution is 2.19. The molecular formula is C15H25N3O3. The summed E-state index contributed by atoms with van der Waals surface area (Å²) in [5.74, 6) is 0. The van der Waals surface area contributed by atoms with Crippen molar-refractivity contribution in [3.8, 4) is 0 Å². The summed E-state index contributed by atoms with van der Waals surface area (Å²) >= 11 is 0. The summed E-state index contributed by atoms with van der Waals surface area (Å²) in [6.45, 7) is 1.89. The molecule has 2 rings (SSSR count). The Hall–Kier alpha value is -1.40. The zero-order valence-corrected chi connectivity index (χ0v) is 12.9. The third-order valence-electron chi connectivity index (χ3n) is 4.12. The molecule has 0 radical (unpaired) electrons. The summed E-state index contributed by atoms with van der Waals surface area (Å²) in [5, 5.41) is 3.22. The van der Waals surface area contributed by atoms with Gasteiger partial charge in [-0.3, -0.25) is 13.9 Å². The minimum absolute atomic E-state index is 0.270. The van der Waals surface area contributed by atoms with Gasteiger partial charge in [0, 0.05) is 38.9 Å². The molecule has 0 bridgehead atoms. The van der Waals surface area contributed by atoms with Crippen LogP contribution in [0.2, 0.25) is 0 Å². The lowest BCUT2D eigenvalue weighted by Gasteiger charge is -2.22. The topological polar surface area (TPSA) is 65.3 Å². The lowest BCUT2D eigenvalue weighted by atomic mass is 9.98. The Bertz CT molecular complexity index is 571. The van der Waals surface area contributed by atoms with Gasteiger partial charge in [0.2, 0.25) is 0 Å². The zero-order valence-electron chi connectivity index (χ0n) is 12.9. The van der Waals surface area contributed by atoms with Gasteiger partial charge in [0.05, 0.1) is 12.7 Å². The fourth-order valence-electron chi connectivity index (χ4n) is 2.69. The summed E-state index contributed by atoms with van der Waals surface area (Å²) in [6, 6.07) is 1.50. The Morgan fingerprint density at radius 2 is 1.90 bits per heavy atom. The lowest BCUT2D eigenvalue weighted by molar-refractivity contribution is 0.0302. The number of aromatic nitrogens is 2. The molecule has 0 spiro atoms. The average molecular weight is 295 g/mol. The normalized spacial score (nSPS) is 16.3. The summed E-state index contributed by atoms with van der Waals surface area (Å²) in [6.07, 6.45) is 6.62. The smallest absolute Gasteiger partial charge is 0.330 e. The molecule has 6 nitrogen and oxygen atoms in total. The van der Waals surface area contributed by atoms with Crippen molar-refractivity contribution in [1.29, 1.82) is 0 Å². The molecule has 6 heteroatoms. The second-order valence-electron chi connectivity index (χ2n) is 5.68. The maximum atomic E-state index is 11.8. The quantitative estimate of drug-likeness (QED) is 0.777. The van der Waals surface area contributed by atoms with Gasteiger partial charge in [0.25, 0.3) is 5.56 Å². The van der Waals surface area contributed by atoms with Crippen LogP contribution in [0.4, 0.5) is 0 Å². The highest BCUT2D eigenvalue weighted by Gasteiger charge is 2.13. The first kappa shape index (κ1) is 16.0. The van der Waals surface area contributed by atoms with Gasteiger partial charge in [0.15, 0.2) is 0 Å².